The van der Waals surface area contributed by atoms with Gasteiger partial charge in [0.05, 0.1) is 5.56 Å². The van der Waals surface area contributed by atoms with Crippen LogP contribution in [0.2, 0.25) is 0 Å². The largest absolute Gasteiger partial charge is 0.508 e. The van der Waals surface area contributed by atoms with Crippen LogP contribution in [-0.4, -0.2) is 23.6 Å². The molecule has 0 radical (unpaired) electrons. The number of carbonyl (C=O) groups is 2. The summed E-state index contributed by atoms with van der Waals surface area (Å²) in [7, 11) is 0. The van der Waals surface area contributed by atoms with Gasteiger partial charge in [-0.3, -0.25) is 10.1 Å². The molecule has 1 aromatic carbocycles. The summed E-state index contributed by atoms with van der Waals surface area (Å²) in [5.74, 6) is -0.535. The number of nitrogens with two attached hydrogens (primary N) is 1. The van der Waals surface area contributed by atoms with Gasteiger partial charge in [0.25, 0.3) is 5.91 Å². The van der Waals surface area contributed by atoms with Crippen LogP contribution < -0.4 is 16.4 Å². The van der Waals surface area contributed by atoms with Gasteiger partial charge in [0.2, 0.25) is 0 Å². The second-order valence-corrected chi connectivity index (χ2v) is 7.15. The van der Waals surface area contributed by atoms with Crippen molar-refractivity contribution < 1.29 is 14.7 Å². The molecule has 3 aromatic rings. The third-order valence-electron chi connectivity index (χ3n) is 3.38. The van der Waals surface area contributed by atoms with E-state index < -0.39 is 11.9 Å². The molecule has 0 atom stereocenters. The van der Waals surface area contributed by atoms with Gasteiger partial charge in [-0.25, -0.2) is 4.79 Å². The molecule has 6 nitrogen and oxygen atoms in total. The minimum absolute atomic E-state index is 0.0896. The number of nitrogens with one attached hydrogen (secondary N) is 2. The van der Waals surface area contributed by atoms with Crippen molar-refractivity contribution in [3.05, 3.63) is 46.2 Å². The van der Waals surface area contributed by atoms with E-state index in [1.54, 1.807) is 17.4 Å². The molecule has 24 heavy (non-hydrogen) atoms. The summed E-state index contributed by atoms with van der Waals surface area (Å²) >= 11 is 2.83. The quantitative estimate of drug-likeness (QED) is 0.561. The lowest BCUT2D eigenvalue weighted by molar-refractivity contribution is 0.100. The number of hydrogen-bond donors (Lipinski definition) is 4. The number of benzene rings is 1. The van der Waals surface area contributed by atoms with Crippen LogP contribution in [-0.2, 0) is 6.42 Å². The SMILES string of the molecule is NC(=O)c1c(NC(=O)NCCc2cccs2)sc2cc(O)ccc12. The highest BCUT2D eigenvalue weighted by atomic mass is 32.1. The molecule has 2 aromatic heterocycles. The standard InChI is InChI=1S/C16H15N3O3S2/c17-14(21)13-11-4-3-9(20)8-12(11)24-15(13)19-16(22)18-6-5-10-2-1-7-23-10/h1-4,7-8,20H,5-6H2,(H2,17,21)(H2,18,19,22). The maximum atomic E-state index is 12.0. The average molecular weight is 361 g/mol. The second-order valence-electron chi connectivity index (χ2n) is 5.06. The summed E-state index contributed by atoms with van der Waals surface area (Å²) in [6.45, 7) is 0.490. The number of aromatic hydroxyl groups is 1. The van der Waals surface area contributed by atoms with Crippen molar-refractivity contribution in [3.63, 3.8) is 0 Å². The maximum absolute atomic E-state index is 12.0. The molecule has 0 aliphatic heterocycles. The van der Waals surface area contributed by atoms with Crippen molar-refractivity contribution in [2.45, 2.75) is 6.42 Å². The van der Waals surface area contributed by atoms with E-state index in [0.29, 0.717) is 21.6 Å². The monoisotopic (exact) mass is 361 g/mol. The molecule has 2 heterocycles. The van der Waals surface area contributed by atoms with Gasteiger partial charge in [-0.15, -0.1) is 22.7 Å². The number of thiophene rings is 2. The van der Waals surface area contributed by atoms with E-state index in [2.05, 4.69) is 10.6 Å². The molecule has 3 rings (SSSR count). The summed E-state index contributed by atoms with van der Waals surface area (Å²) in [5, 5.41) is 17.9. The zero-order valence-electron chi connectivity index (χ0n) is 12.5. The van der Waals surface area contributed by atoms with Crippen LogP contribution in [0.5, 0.6) is 5.75 Å². The third-order valence-corrected chi connectivity index (χ3v) is 5.39. The molecule has 0 saturated carbocycles. The first-order valence-electron chi connectivity index (χ1n) is 7.17. The van der Waals surface area contributed by atoms with E-state index in [9.17, 15) is 14.7 Å². The fourth-order valence-electron chi connectivity index (χ4n) is 2.32. The molecule has 0 fully saturated rings. The Kier molecular flexibility index (Phi) is 4.68. The van der Waals surface area contributed by atoms with Crippen molar-refractivity contribution >= 4 is 49.7 Å². The van der Waals surface area contributed by atoms with E-state index in [-0.39, 0.29) is 11.3 Å². The van der Waals surface area contributed by atoms with Crippen molar-refractivity contribution in [2.24, 2.45) is 5.73 Å². The summed E-state index contributed by atoms with van der Waals surface area (Å²) < 4.78 is 0.678. The Morgan fingerprint density at radius 1 is 1.25 bits per heavy atom. The van der Waals surface area contributed by atoms with Crippen LogP contribution >= 0.6 is 22.7 Å². The Morgan fingerprint density at radius 2 is 2.08 bits per heavy atom. The van der Waals surface area contributed by atoms with Crippen molar-refractivity contribution in [3.8, 4) is 5.75 Å². The molecular weight excluding hydrogens is 346 g/mol. The summed E-state index contributed by atoms with van der Waals surface area (Å²) in [5.41, 5.74) is 5.69. The summed E-state index contributed by atoms with van der Waals surface area (Å²) in [6, 6.07) is 8.20. The van der Waals surface area contributed by atoms with Gasteiger partial charge in [0.1, 0.15) is 10.8 Å². The lowest BCUT2D eigenvalue weighted by Gasteiger charge is -2.06. The predicted octanol–water partition coefficient (Wildman–Crippen LogP) is 3.13. The number of primary amides is 1. The van der Waals surface area contributed by atoms with E-state index in [1.807, 2.05) is 17.5 Å². The number of carbonyl (C=O) groups excluding carboxylic acids is 2. The number of phenols is 1. The zero-order chi connectivity index (χ0) is 17.1. The van der Waals surface area contributed by atoms with Crippen LogP contribution in [0.15, 0.2) is 35.7 Å². The minimum atomic E-state index is -0.624. The lowest BCUT2D eigenvalue weighted by Crippen LogP contribution is -2.30. The normalized spacial score (nSPS) is 10.7. The molecule has 0 unspecified atom stereocenters. The molecule has 0 aliphatic carbocycles. The highest BCUT2D eigenvalue weighted by molar-refractivity contribution is 7.23. The Balaban J connectivity index is 1.72. The number of rotatable bonds is 5. The fourth-order valence-corrected chi connectivity index (χ4v) is 4.16. The Labute approximate surface area is 145 Å². The van der Waals surface area contributed by atoms with Gasteiger partial charge < -0.3 is 16.2 Å². The highest BCUT2D eigenvalue weighted by Gasteiger charge is 2.18. The van der Waals surface area contributed by atoms with Gasteiger partial charge in [-0.2, -0.15) is 0 Å². The van der Waals surface area contributed by atoms with Gasteiger partial charge in [0.15, 0.2) is 0 Å². The molecule has 124 valence electrons. The van der Waals surface area contributed by atoms with Gasteiger partial charge >= 0.3 is 6.03 Å². The Hall–Kier alpha value is -2.58. The number of phenolic OH excluding ortho intramolecular Hbond substituents is 1. The van der Waals surface area contributed by atoms with E-state index in [4.69, 9.17) is 5.73 Å². The van der Waals surface area contributed by atoms with E-state index >= 15 is 0 Å². The van der Waals surface area contributed by atoms with Crippen LogP contribution in [0.1, 0.15) is 15.2 Å². The number of fused-ring (bicyclic) bond motifs is 1. The molecule has 5 N–H and O–H groups in total. The second kappa shape index (κ2) is 6.90. The maximum Gasteiger partial charge on any atom is 0.319 e. The van der Waals surface area contributed by atoms with E-state index in [0.717, 1.165) is 6.42 Å². The third kappa shape index (κ3) is 3.50. The summed E-state index contributed by atoms with van der Waals surface area (Å²) in [6.07, 6.45) is 0.744. The number of urea groups is 1. The fraction of sp³-hybridized carbons (Fsp3) is 0.125. The van der Waals surface area contributed by atoms with Crippen molar-refractivity contribution in [2.75, 3.05) is 11.9 Å². The molecule has 0 aliphatic rings. The highest BCUT2D eigenvalue weighted by Crippen LogP contribution is 2.37. The first-order valence-corrected chi connectivity index (χ1v) is 8.87. The average Bonchev–Trinajstić information content (AvgIpc) is 3.13. The lowest BCUT2D eigenvalue weighted by atomic mass is 10.1. The van der Waals surface area contributed by atoms with Crippen LogP contribution in [0.25, 0.3) is 10.1 Å². The smallest absolute Gasteiger partial charge is 0.319 e. The van der Waals surface area contributed by atoms with Gasteiger partial charge in [0, 0.05) is 21.5 Å². The molecule has 3 amide bonds. The topological polar surface area (TPSA) is 104 Å². The molecule has 0 bridgehead atoms. The first-order chi connectivity index (χ1) is 11.5. The molecule has 0 spiro atoms. The molecular formula is C16H15N3O3S2. The zero-order valence-corrected chi connectivity index (χ0v) is 14.2. The predicted molar refractivity (Wildman–Crippen MR) is 97.1 cm³/mol. The molecule has 8 heteroatoms. The van der Waals surface area contributed by atoms with Crippen LogP contribution in [0, 0.1) is 0 Å². The van der Waals surface area contributed by atoms with E-state index in [1.165, 1.54) is 28.3 Å². The van der Waals surface area contributed by atoms with Gasteiger partial charge in [-0.05, 0) is 36.1 Å². The van der Waals surface area contributed by atoms with Crippen LogP contribution in [0.3, 0.4) is 0 Å². The number of anilines is 1. The Morgan fingerprint density at radius 3 is 2.79 bits per heavy atom. The van der Waals surface area contributed by atoms with Crippen molar-refractivity contribution in [1.82, 2.24) is 5.32 Å². The minimum Gasteiger partial charge on any atom is -0.508 e. The number of amides is 3. The molecule has 0 saturated heterocycles. The Bertz CT molecular complexity index is 887. The first kappa shape index (κ1) is 16.3. The van der Waals surface area contributed by atoms with Crippen molar-refractivity contribution in [1.29, 1.82) is 0 Å². The van der Waals surface area contributed by atoms with Crippen LogP contribution in [0.4, 0.5) is 9.80 Å². The van der Waals surface area contributed by atoms with Gasteiger partial charge in [-0.1, -0.05) is 6.07 Å². The summed E-state index contributed by atoms with van der Waals surface area (Å²) in [4.78, 5) is 25.0. The number of hydrogen-bond acceptors (Lipinski definition) is 5.